The summed E-state index contributed by atoms with van der Waals surface area (Å²) in [6, 6.07) is 21.9. The number of carbonyl (C=O) groups is 1. The third-order valence-electron chi connectivity index (χ3n) is 6.24. The van der Waals surface area contributed by atoms with Gasteiger partial charge >= 0.3 is 0 Å². The molecule has 2 N–H and O–H groups in total. The van der Waals surface area contributed by atoms with Crippen molar-refractivity contribution < 1.29 is 19.4 Å². The second-order valence-corrected chi connectivity index (χ2v) is 10.3. The number of azide groups is 1. The molecule has 1 aliphatic rings. The Labute approximate surface area is 235 Å². The van der Waals surface area contributed by atoms with Gasteiger partial charge in [0.15, 0.2) is 11.6 Å². The highest BCUT2D eigenvalue weighted by atomic mass is 79.9. The molecule has 0 saturated carbocycles. The maximum Gasteiger partial charge on any atom is 0.252 e. The van der Waals surface area contributed by atoms with E-state index in [9.17, 15) is 4.79 Å². The van der Waals surface area contributed by atoms with Crippen molar-refractivity contribution in [1.82, 2.24) is 5.32 Å². The first-order valence-corrected chi connectivity index (χ1v) is 13.5. The predicted molar refractivity (Wildman–Crippen MR) is 153 cm³/mol. The summed E-state index contributed by atoms with van der Waals surface area (Å²) in [5.74, 6) is 0.672. The van der Waals surface area contributed by atoms with Crippen LogP contribution in [0.15, 0.2) is 87.4 Å². The molecular formula is C29H30BrN5O4. The summed E-state index contributed by atoms with van der Waals surface area (Å²) < 4.78 is 13.0. The van der Waals surface area contributed by atoms with E-state index >= 15 is 0 Å². The molecular weight excluding hydrogens is 562 g/mol. The van der Waals surface area contributed by atoms with Crippen LogP contribution in [0.3, 0.4) is 0 Å². The van der Waals surface area contributed by atoms with Crippen LogP contribution in [0.1, 0.15) is 43.1 Å². The number of rotatable bonds is 11. The van der Waals surface area contributed by atoms with Crippen LogP contribution in [0, 0.1) is 0 Å². The summed E-state index contributed by atoms with van der Waals surface area (Å²) >= 11 is 3.63. The zero-order valence-electron chi connectivity index (χ0n) is 21.8. The molecule has 3 aromatic carbocycles. The van der Waals surface area contributed by atoms with E-state index in [0.29, 0.717) is 41.5 Å². The van der Waals surface area contributed by atoms with Gasteiger partial charge < -0.3 is 19.9 Å². The molecule has 4 rings (SSSR count). The van der Waals surface area contributed by atoms with Gasteiger partial charge in [0, 0.05) is 51.7 Å². The van der Waals surface area contributed by atoms with Crippen LogP contribution in [0.2, 0.25) is 0 Å². The molecule has 39 heavy (non-hydrogen) atoms. The van der Waals surface area contributed by atoms with Crippen LogP contribution < -0.4 is 10.1 Å². The van der Waals surface area contributed by atoms with Crippen molar-refractivity contribution in [3.63, 3.8) is 0 Å². The van der Waals surface area contributed by atoms with Gasteiger partial charge in [0.1, 0.15) is 5.75 Å². The van der Waals surface area contributed by atoms with Crippen LogP contribution >= 0.6 is 15.9 Å². The molecule has 9 nitrogen and oxygen atoms in total. The van der Waals surface area contributed by atoms with Crippen molar-refractivity contribution in [3.05, 3.63) is 104 Å². The zero-order chi connectivity index (χ0) is 27.8. The van der Waals surface area contributed by atoms with Crippen molar-refractivity contribution in [3.8, 4) is 5.75 Å². The number of carbonyl (C=O) groups excluding carboxylic acids is 1. The van der Waals surface area contributed by atoms with Crippen LogP contribution in [0.4, 0.5) is 5.69 Å². The van der Waals surface area contributed by atoms with Crippen molar-refractivity contribution in [2.45, 2.75) is 44.4 Å². The Balaban J connectivity index is 1.84. The molecule has 10 heteroatoms. The first kappa shape index (κ1) is 28.2. The quantitative estimate of drug-likeness (QED) is 0.119. The number of hydrogen-bond donors (Lipinski definition) is 2. The molecule has 0 saturated heterocycles. The molecule has 3 aromatic rings. The molecule has 1 heterocycles. The summed E-state index contributed by atoms with van der Waals surface area (Å²) in [7, 11) is 0. The first-order valence-electron chi connectivity index (χ1n) is 12.7. The lowest BCUT2D eigenvalue weighted by molar-refractivity contribution is -0.129. The number of ether oxygens (including phenoxy) is 2. The van der Waals surface area contributed by atoms with Gasteiger partial charge in [-0.3, -0.25) is 4.79 Å². The lowest BCUT2D eigenvalue weighted by Gasteiger charge is -2.32. The van der Waals surface area contributed by atoms with Gasteiger partial charge in [0.25, 0.3) is 5.91 Å². The van der Waals surface area contributed by atoms with Gasteiger partial charge in [-0.25, -0.2) is 4.99 Å². The number of amides is 1. The van der Waals surface area contributed by atoms with Gasteiger partial charge in [0.2, 0.25) is 5.90 Å². The predicted octanol–water partition coefficient (Wildman–Crippen LogP) is 6.18. The Kier molecular flexibility index (Phi) is 9.24. The van der Waals surface area contributed by atoms with E-state index in [-0.39, 0.29) is 25.0 Å². The second-order valence-electron chi connectivity index (χ2n) is 9.43. The summed E-state index contributed by atoms with van der Waals surface area (Å²) in [6.45, 7) is 4.24. The van der Waals surface area contributed by atoms with E-state index in [2.05, 4.69) is 31.3 Å². The number of aliphatic imine (C=N–C) groups is 1. The molecule has 2 atom stereocenters. The first-order chi connectivity index (χ1) is 18.9. The Hall–Kier alpha value is -3.85. The van der Waals surface area contributed by atoms with E-state index in [0.717, 1.165) is 10.0 Å². The Morgan fingerprint density at radius 3 is 2.59 bits per heavy atom. The number of nitrogens with zero attached hydrogens (tertiary/aromatic N) is 4. The van der Waals surface area contributed by atoms with Gasteiger partial charge in [-0.15, -0.1) is 0 Å². The van der Waals surface area contributed by atoms with Crippen LogP contribution in [0.25, 0.3) is 10.4 Å². The van der Waals surface area contributed by atoms with Crippen LogP contribution in [-0.4, -0.2) is 41.7 Å². The highest BCUT2D eigenvalue weighted by Gasteiger charge is 2.54. The minimum atomic E-state index is -1.40. The van der Waals surface area contributed by atoms with Crippen LogP contribution in [0.5, 0.6) is 5.75 Å². The van der Waals surface area contributed by atoms with Crippen molar-refractivity contribution in [2.75, 3.05) is 13.2 Å². The van der Waals surface area contributed by atoms with Gasteiger partial charge in [0.05, 0.1) is 6.61 Å². The van der Waals surface area contributed by atoms with E-state index in [1.807, 2.05) is 62.4 Å². The van der Waals surface area contributed by atoms with Crippen molar-refractivity contribution >= 4 is 33.4 Å². The zero-order valence-corrected chi connectivity index (χ0v) is 23.3. The Bertz CT molecular complexity index is 1390. The summed E-state index contributed by atoms with van der Waals surface area (Å²) in [6.07, 6.45) is -0.101. The third-order valence-corrected chi connectivity index (χ3v) is 6.96. The topological polar surface area (TPSA) is 129 Å². The molecule has 0 aliphatic carbocycles. The largest absolute Gasteiger partial charge is 0.494 e. The monoisotopic (exact) mass is 591 g/mol. The number of halogens is 1. The number of nitrogens with one attached hydrogen (secondary N) is 1. The molecule has 202 valence electrons. The van der Waals surface area contributed by atoms with E-state index in [1.165, 1.54) is 0 Å². The molecule has 0 fully saturated rings. The van der Waals surface area contributed by atoms with Gasteiger partial charge in [-0.05, 0) is 55.3 Å². The number of aliphatic hydroxyl groups excluding tert-OH is 1. The molecule has 0 radical (unpaired) electrons. The van der Waals surface area contributed by atoms with E-state index in [4.69, 9.17) is 25.1 Å². The van der Waals surface area contributed by atoms with Gasteiger partial charge in [-0.2, -0.15) is 0 Å². The summed E-state index contributed by atoms with van der Waals surface area (Å²) in [5, 5.41) is 15.9. The third kappa shape index (κ3) is 6.42. The molecule has 0 unspecified atom stereocenters. The molecule has 0 aromatic heterocycles. The average Bonchev–Trinajstić information content (AvgIpc) is 3.31. The molecule has 1 amide bonds. The molecule has 1 aliphatic heterocycles. The number of hydrogen-bond acceptors (Lipinski definition) is 6. The molecule has 0 spiro atoms. The fourth-order valence-electron chi connectivity index (χ4n) is 4.43. The normalized spacial score (nSPS) is 18.2. The summed E-state index contributed by atoms with van der Waals surface area (Å²) in [4.78, 5) is 22.0. The SMILES string of the molecule is CC(C)NC(=O)[C@]1(Cc2ccccc2N=[N+]=[N-])N=C(c2ccc(OCCCO)cc2)O[C@@H]1c1ccccc1Br. The highest BCUT2D eigenvalue weighted by Crippen LogP contribution is 2.45. The summed E-state index contributed by atoms with van der Waals surface area (Å²) in [5.41, 5.74) is 10.3. The smallest absolute Gasteiger partial charge is 0.252 e. The lowest BCUT2D eigenvalue weighted by Crippen LogP contribution is -2.51. The van der Waals surface area contributed by atoms with E-state index < -0.39 is 11.6 Å². The Morgan fingerprint density at radius 2 is 1.90 bits per heavy atom. The van der Waals surface area contributed by atoms with E-state index in [1.54, 1.807) is 24.3 Å². The second kappa shape index (κ2) is 12.8. The minimum absolute atomic E-state index is 0.0580. The highest BCUT2D eigenvalue weighted by molar-refractivity contribution is 9.10. The molecule has 0 bridgehead atoms. The standard InChI is InChI=1S/C29H30BrN5O4/c1-19(2)32-28(37)29(18-21-8-3-6-11-25(21)34-35-31)26(23-9-4-5-10-24(23)30)39-27(33-29)20-12-14-22(15-13-20)38-17-7-16-36/h3-6,8-15,19,26,36H,7,16-18H2,1-2H3,(H,32,37)/t26-,29-/m1/s1. The number of aliphatic hydroxyl groups is 1. The minimum Gasteiger partial charge on any atom is -0.494 e. The number of benzene rings is 3. The average molecular weight is 592 g/mol. The lowest BCUT2D eigenvalue weighted by atomic mass is 9.81. The van der Waals surface area contributed by atoms with Crippen LogP contribution in [-0.2, 0) is 16.0 Å². The maximum absolute atomic E-state index is 14.1. The fourth-order valence-corrected chi connectivity index (χ4v) is 4.92. The van der Waals surface area contributed by atoms with Gasteiger partial charge in [-0.1, -0.05) is 63.5 Å². The van der Waals surface area contributed by atoms with Crippen molar-refractivity contribution in [2.24, 2.45) is 10.1 Å². The van der Waals surface area contributed by atoms with Crippen molar-refractivity contribution in [1.29, 1.82) is 0 Å². The maximum atomic E-state index is 14.1. The Morgan fingerprint density at radius 1 is 1.18 bits per heavy atom. The fraction of sp³-hybridized carbons (Fsp3) is 0.310.